The van der Waals surface area contributed by atoms with Crippen LogP contribution < -0.4 is 0 Å². The summed E-state index contributed by atoms with van der Waals surface area (Å²) in [6.07, 6.45) is 9.39. The molecular weight excluding hydrogens is 152 g/mol. The first kappa shape index (κ1) is 7.99. The second-order valence-electron chi connectivity index (χ2n) is 3.72. The molecule has 0 saturated heterocycles. The predicted molar refractivity (Wildman–Crippen MR) is 45.4 cm³/mol. The normalized spacial score (nSPS) is 44.8. The van der Waals surface area contributed by atoms with E-state index >= 15 is 0 Å². The van der Waals surface area contributed by atoms with E-state index in [9.17, 15) is 4.79 Å². The van der Waals surface area contributed by atoms with Crippen LogP contribution >= 0.6 is 0 Å². The van der Waals surface area contributed by atoms with Crippen molar-refractivity contribution < 1.29 is 9.53 Å². The van der Waals surface area contributed by atoms with Crippen LogP contribution in [0.5, 0.6) is 0 Å². The fourth-order valence-electron chi connectivity index (χ4n) is 2.34. The molecule has 12 heavy (non-hydrogen) atoms. The second kappa shape index (κ2) is 2.70. The van der Waals surface area contributed by atoms with Crippen molar-refractivity contribution in [1.29, 1.82) is 0 Å². The summed E-state index contributed by atoms with van der Waals surface area (Å²) < 4.78 is 5.42. The Bertz CT molecular complexity index is 222. The first-order chi connectivity index (χ1) is 5.80. The highest BCUT2D eigenvalue weighted by Gasteiger charge is 2.45. The van der Waals surface area contributed by atoms with E-state index in [1.54, 1.807) is 7.11 Å². The third-order valence-corrected chi connectivity index (χ3v) is 3.21. The fourth-order valence-corrected chi connectivity index (χ4v) is 2.34. The maximum atomic E-state index is 10.7. The van der Waals surface area contributed by atoms with E-state index in [2.05, 4.69) is 18.4 Å². The number of methoxy groups -OCH3 is 1. The van der Waals surface area contributed by atoms with Gasteiger partial charge in [-0.1, -0.05) is 12.2 Å². The van der Waals surface area contributed by atoms with Crippen molar-refractivity contribution in [2.24, 2.45) is 11.8 Å². The second-order valence-corrected chi connectivity index (χ2v) is 3.72. The smallest absolute Gasteiger partial charge is 0.205 e. The van der Waals surface area contributed by atoms with Gasteiger partial charge in [0.1, 0.15) is 0 Å². The zero-order valence-electron chi connectivity index (χ0n) is 7.25. The minimum Gasteiger partial charge on any atom is -0.373 e. The molecule has 3 atom stereocenters. The topological polar surface area (TPSA) is 26.3 Å². The minimum atomic E-state index is -0.309. The van der Waals surface area contributed by atoms with Crippen molar-refractivity contribution >= 4 is 6.29 Å². The van der Waals surface area contributed by atoms with Gasteiger partial charge in [-0.2, -0.15) is 0 Å². The quantitative estimate of drug-likeness (QED) is 0.579. The molecule has 2 bridgehead atoms. The SMILES string of the molecule is COC12C=CC(CC1)CC2[C]=O. The summed E-state index contributed by atoms with van der Waals surface area (Å²) in [4.78, 5) is 10.7. The Morgan fingerprint density at radius 2 is 2.50 bits per heavy atom. The van der Waals surface area contributed by atoms with Crippen molar-refractivity contribution in [1.82, 2.24) is 0 Å². The van der Waals surface area contributed by atoms with E-state index in [0.717, 1.165) is 19.3 Å². The Balaban J connectivity index is 2.31. The van der Waals surface area contributed by atoms with Crippen molar-refractivity contribution in [3.8, 4) is 0 Å². The van der Waals surface area contributed by atoms with Gasteiger partial charge in [-0.15, -0.1) is 0 Å². The number of hydrogen-bond donors (Lipinski definition) is 0. The third kappa shape index (κ3) is 0.944. The van der Waals surface area contributed by atoms with Gasteiger partial charge in [0.2, 0.25) is 6.29 Å². The zero-order chi connectivity index (χ0) is 8.60. The van der Waals surface area contributed by atoms with E-state index in [4.69, 9.17) is 4.74 Å². The Hall–Kier alpha value is -0.630. The minimum absolute atomic E-state index is 0.0359. The molecule has 0 aromatic carbocycles. The lowest BCUT2D eigenvalue weighted by Crippen LogP contribution is -2.46. The summed E-state index contributed by atoms with van der Waals surface area (Å²) >= 11 is 0. The summed E-state index contributed by atoms with van der Waals surface area (Å²) in [5, 5.41) is 0. The highest BCUT2D eigenvalue weighted by molar-refractivity contribution is 5.59. The van der Waals surface area contributed by atoms with Crippen LogP contribution in [0.25, 0.3) is 0 Å². The van der Waals surface area contributed by atoms with Crippen molar-refractivity contribution in [3.63, 3.8) is 0 Å². The molecule has 1 fully saturated rings. The van der Waals surface area contributed by atoms with E-state index in [-0.39, 0.29) is 11.5 Å². The van der Waals surface area contributed by atoms with Crippen LogP contribution in [0.2, 0.25) is 0 Å². The van der Waals surface area contributed by atoms with Gasteiger partial charge in [0.15, 0.2) is 0 Å². The monoisotopic (exact) mass is 165 g/mol. The molecule has 0 heterocycles. The van der Waals surface area contributed by atoms with E-state index < -0.39 is 0 Å². The molecule has 3 aliphatic carbocycles. The van der Waals surface area contributed by atoms with Crippen molar-refractivity contribution in [3.05, 3.63) is 12.2 Å². The van der Waals surface area contributed by atoms with Gasteiger partial charge in [0, 0.05) is 7.11 Å². The number of carbonyl (C=O) groups excluding carboxylic acids is 1. The van der Waals surface area contributed by atoms with Crippen LogP contribution in [-0.2, 0) is 9.53 Å². The van der Waals surface area contributed by atoms with E-state index in [1.807, 2.05) is 0 Å². The van der Waals surface area contributed by atoms with E-state index in [1.165, 1.54) is 0 Å². The largest absolute Gasteiger partial charge is 0.373 e. The van der Waals surface area contributed by atoms with Gasteiger partial charge < -0.3 is 4.74 Å². The summed E-state index contributed by atoms with van der Waals surface area (Å²) in [6, 6.07) is 0. The van der Waals surface area contributed by atoms with Crippen molar-refractivity contribution in [2.75, 3.05) is 7.11 Å². The van der Waals surface area contributed by atoms with Gasteiger partial charge in [0.25, 0.3) is 0 Å². The molecule has 0 aromatic rings. The van der Waals surface area contributed by atoms with Gasteiger partial charge >= 0.3 is 0 Å². The Morgan fingerprint density at radius 3 is 2.92 bits per heavy atom. The number of ether oxygens (including phenoxy) is 1. The van der Waals surface area contributed by atoms with Gasteiger partial charge in [0.05, 0.1) is 11.5 Å². The van der Waals surface area contributed by atoms with Gasteiger partial charge in [-0.3, -0.25) is 4.79 Å². The lowest BCUT2D eigenvalue weighted by atomic mass is 9.66. The molecule has 1 radical (unpaired) electrons. The summed E-state index contributed by atoms with van der Waals surface area (Å²) in [5.74, 6) is 0.555. The van der Waals surface area contributed by atoms with Crippen LogP contribution in [0.3, 0.4) is 0 Å². The van der Waals surface area contributed by atoms with Crippen LogP contribution in [0.1, 0.15) is 19.3 Å². The molecule has 65 valence electrons. The lowest BCUT2D eigenvalue weighted by Gasteiger charge is -2.44. The van der Waals surface area contributed by atoms with Crippen LogP contribution in [-0.4, -0.2) is 19.0 Å². The maximum Gasteiger partial charge on any atom is 0.205 e. The third-order valence-electron chi connectivity index (χ3n) is 3.21. The first-order valence-corrected chi connectivity index (χ1v) is 4.43. The summed E-state index contributed by atoms with van der Waals surface area (Å²) in [7, 11) is 1.68. The molecule has 3 rings (SSSR count). The lowest BCUT2D eigenvalue weighted by molar-refractivity contribution is -0.0383. The van der Waals surface area contributed by atoms with Gasteiger partial charge in [-0.05, 0) is 25.2 Å². The average molecular weight is 165 g/mol. The molecule has 0 amide bonds. The number of hydrogen-bond acceptors (Lipinski definition) is 2. The molecule has 0 aliphatic heterocycles. The first-order valence-electron chi connectivity index (χ1n) is 4.43. The Morgan fingerprint density at radius 1 is 1.67 bits per heavy atom. The molecule has 0 spiro atoms. The molecule has 3 aliphatic rings. The predicted octanol–water partition coefficient (Wildman–Crippen LogP) is 1.47. The average Bonchev–Trinajstić information content (AvgIpc) is 2.19. The molecule has 0 N–H and O–H groups in total. The highest BCUT2D eigenvalue weighted by atomic mass is 16.5. The highest BCUT2D eigenvalue weighted by Crippen LogP contribution is 2.44. The molecule has 2 nitrogen and oxygen atoms in total. The van der Waals surface area contributed by atoms with Gasteiger partial charge in [-0.25, -0.2) is 0 Å². The Kier molecular flexibility index (Phi) is 1.80. The maximum absolute atomic E-state index is 10.7. The molecule has 3 unspecified atom stereocenters. The van der Waals surface area contributed by atoms with Crippen molar-refractivity contribution in [2.45, 2.75) is 24.9 Å². The Labute approximate surface area is 72.6 Å². The van der Waals surface area contributed by atoms with E-state index in [0.29, 0.717) is 5.92 Å². The molecule has 1 saturated carbocycles. The fraction of sp³-hybridized carbons (Fsp3) is 0.700. The summed E-state index contributed by atoms with van der Waals surface area (Å²) in [5.41, 5.74) is -0.309. The summed E-state index contributed by atoms with van der Waals surface area (Å²) in [6.45, 7) is 0. The molecule has 2 heteroatoms. The standard InChI is InChI=1S/C10H13O2/c1-12-10-4-2-8(3-5-10)6-9(10)7-11/h2,4,8-9H,3,5-6H2,1H3. The molecule has 0 aromatic heterocycles. The number of allylic oxidation sites excluding steroid dienone is 1. The van der Waals surface area contributed by atoms with Crippen LogP contribution in [0.4, 0.5) is 0 Å². The number of rotatable bonds is 2. The number of fused-ring (bicyclic) bond motifs is 2. The molecular formula is C10H13O2. The van der Waals surface area contributed by atoms with Crippen LogP contribution in [0.15, 0.2) is 12.2 Å². The zero-order valence-corrected chi connectivity index (χ0v) is 7.25. The van der Waals surface area contributed by atoms with Crippen LogP contribution in [0, 0.1) is 11.8 Å².